The number of rotatable bonds is 8. The molecule has 1 aromatic carbocycles. The molecular weight excluding hydrogens is 262 g/mol. The highest BCUT2D eigenvalue weighted by Gasteiger charge is 2.11. The maximum atomic E-state index is 11.6. The first-order valence-corrected chi connectivity index (χ1v) is 7.95. The summed E-state index contributed by atoms with van der Waals surface area (Å²) < 4.78 is 17.1. The highest BCUT2D eigenvalue weighted by molar-refractivity contribution is 7.85. The average molecular weight is 285 g/mol. The maximum Gasteiger partial charge on any atom is 0.119 e. The molecular formula is C14H23NO3S. The lowest BCUT2D eigenvalue weighted by Gasteiger charge is -2.13. The Morgan fingerprint density at radius 1 is 1.26 bits per heavy atom. The van der Waals surface area contributed by atoms with Gasteiger partial charge < -0.3 is 15.6 Å². The quantitative estimate of drug-likeness (QED) is 0.755. The van der Waals surface area contributed by atoms with Gasteiger partial charge in [-0.05, 0) is 23.6 Å². The molecule has 0 heterocycles. The molecule has 0 spiro atoms. The van der Waals surface area contributed by atoms with Crippen molar-refractivity contribution < 1.29 is 14.1 Å². The Morgan fingerprint density at radius 2 is 1.89 bits per heavy atom. The van der Waals surface area contributed by atoms with Crippen molar-refractivity contribution in [3.63, 3.8) is 0 Å². The molecule has 0 aliphatic heterocycles. The van der Waals surface area contributed by atoms with E-state index >= 15 is 0 Å². The first-order chi connectivity index (χ1) is 9.01. The Kier molecular flexibility index (Phi) is 7.05. The fourth-order valence-electron chi connectivity index (χ4n) is 1.62. The van der Waals surface area contributed by atoms with E-state index in [4.69, 9.17) is 10.5 Å². The zero-order valence-corrected chi connectivity index (χ0v) is 12.4. The molecule has 3 N–H and O–H groups in total. The van der Waals surface area contributed by atoms with Crippen LogP contribution >= 0.6 is 0 Å². The van der Waals surface area contributed by atoms with Crippen molar-refractivity contribution in [2.24, 2.45) is 11.7 Å². The van der Waals surface area contributed by atoms with Crippen LogP contribution in [0.5, 0.6) is 5.75 Å². The van der Waals surface area contributed by atoms with Crippen molar-refractivity contribution >= 4 is 10.8 Å². The molecule has 0 aliphatic rings. The van der Waals surface area contributed by atoms with Crippen LogP contribution in [0.25, 0.3) is 0 Å². The van der Waals surface area contributed by atoms with E-state index in [2.05, 4.69) is 0 Å². The van der Waals surface area contributed by atoms with Crippen LogP contribution in [0.1, 0.15) is 19.4 Å². The number of aliphatic hydroxyl groups excluding tert-OH is 1. The SMILES string of the molecule is CC(C)CS(=O)CC(O)COc1ccc(CN)cc1. The predicted octanol–water partition coefficient (Wildman–Crippen LogP) is 1.29. The van der Waals surface area contributed by atoms with Crippen molar-refractivity contribution in [1.82, 2.24) is 0 Å². The summed E-state index contributed by atoms with van der Waals surface area (Å²) in [5.74, 6) is 1.94. The summed E-state index contributed by atoms with van der Waals surface area (Å²) in [6, 6.07) is 7.41. The molecule has 0 aliphatic carbocycles. The van der Waals surface area contributed by atoms with Gasteiger partial charge in [0.2, 0.25) is 0 Å². The van der Waals surface area contributed by atoms with Gasteiger partial charge in [0.05, 0.1) is 11.9 Å². The summed E-state index contributed by atoms with van der Waals surface area (Å²) in [4.78, 5) is 0. The zero-order valence-electron chi connectivity index (χ0n) is 11.5. The molecule has 19 heavy (non-hydrogen) atoms. The lowest BCUT2D eigenvalue weighted by Crippen LogP contribution is -2.26. The van der Waals surface area contributed by atoms with Crippen LogP contribution in [0.15, 0.2) is 24.3 Å². The third-order valence-corrected chi connectivity index (χ3v) is 4.29. The fourth-order valence-corrected chi connectivity index (χ4v) is 3.02. The van der Waals surface area contributed by atoms with Crippen LogP contribution in [-0.4, -0.2) is 33.5 Å². The van der Waals surface area contributed by atoms with Crippen molar-refractivity contribution in [2.75, 3.05) is 18.1 Å². The molecule has 108 valence electrons. The summed E-state index contributed by atoms with van der Waals surface area (Å²) in [5.41, 5.74) is 6.54. The van der Waals surface area contributed by atoms with Crippen LogP contribution in [0, 0.1) is 5.92 Å². The second kappa shape index (κ2) is 8.30. The third-order valence-electron chi connectivity index (χ3n) is 2.50. The molecule has 0 saturated carbocycles. The van der Waals surface area contributed by atoms with Crippen molar-refractivity contribution in [2.45, 2.75) is 26.5 Å². The van der Waals surface area contributed by atoms with E-state index in [-0.39, 0.29) is 12.4 Å². The lowest BCUT2D eigenvalue weighted by molar-refractivity contribution is 0.125. The molecule has 0 fully saturated rings. The Labute approximate surface area is 117 Å². The van der Waals surface area contributed by atoms with Crippen molar-refractivity contribution in [3.05, 3.63) is 29.8 Å². The van der Waals surface area contributed by atoms with E-state index in [1.54, 1.807) is 0 Å². The van der Waals surface area contributed by atoms with Gasteiger partial charge in [0.1, 0.15) is 12.4 Å². The van der Waals surface area contributed by atoms with Crippen LogP contribution < -0.4 is 10.5 Å². The Hall–Kier alpha value is -0.910. The Bertz CT molecular complexity index is 392. The van der Waals surface area contributed by atoms with Gasteiger partial charge in [-0.3, -0.25) is 4.21 Å². The van der Waals surface area contributed by atoms with Crippen LogP contribution in [0.2, 0.25) is 0 Å². The topological polar surface area (TPSA) is 72.5 Å². The third kappa shape index (κ3) is 6.71. The monoisotopic (exact) mass is 285 g/mol. The normalized spacial score (nSPS) is 14.4. The van der Waals surface area contributed by atoms with Gasteiger partial charge in [-0.1, -0.05) is 26.0 Å². The predicted molar refractivity (Wildman–Crippen MR) is 78.5 cm³/mol. The molecule has 5 heteroatoms. The molecule has 0 radical (unpaired) electrons. The van der Waals surface area contributed by atoms with Crippen LogP contribution in [0.3, 0.4) is 0 Å². The van der Waals surface area contributed by atoms with E-state index in [0.717, 1.165) is 5.56 Å². The Morgan fingerprint density at radius 3 is 2.42 bits per heavy atom. The van der Waals surface area contributed by atoms with Gasteiger partial charge in [0.25, 0.3) is 0 Å². The van der Waals surface area contributed by atoms with Crippen LogP contribution in [0.4, 0.5) is 0 Å². The van der Waals surface area contributed by atoms with Gasteiger partial charge in [0.15, 0.2) is 0 Å². The van der Waals surface area contributed by atoms with E-state index in [1.165, 1.54) is 0 Å². The number of benzene rings is 1. The minimum Gasteiger partial charge on any atom is -0.491 e. The molecule has 2 unspecified atom stereocenters. The minimum absolute atomic E-state index is 0.159. The zero-order chi connectivity index (χ0) is 14.3. The van der Waals surface area contributed by atoms with Gasteiger partial charge in [-0.2, -0.15) is 0 Å². The summed E-state index contributed by atoms with van der Waals surface area (Å²) in [7, 11) is -0.990. The number of ether oxygens (including phenoxy) is 1. The minimum atomic E-state index is -0.990. The summed E-state index contributed by atoms with van der Waals surface area (Å²) >= 11 is 0. The number of hydrogen-bond donors (Lipinski definition) is 2. The van der Waals surface area contributed by atoms with Gasteiger partial charge >= 0.3 is 0 Å². The van der Waals surface area contributed by atoms with E-state index in [9.17, 15) is 9.32 Å². The first-order valence-electron chi connectivity index (χ1n) is 6.46. The molecule has 4 nitrogen and oxygen atoms in total. The van der Waals surface area contributed by atoms with E-state index in [0.29, 0.717) is 24.0 Å². The van der Waals surface area contributed by atoms with E-state index in [1.807, 2.05) is 38.1 Å². The number of nitrogens with two attached hydrogens (primary N) is 1. The van der Waals surface area contributed by atoms with Gasteiger partial charge in [-0.15, -0.1) is 0 Å². The second-order valence-corrected chi connectivity index (χ2v) is 6.53. The molecule has 0 aromatic heterocycles. The Balaban J connectivity index is 2.32. The van der Waals surface area contributed by atoms with Crippen molar-refractivity contribution in [3.8, 4) is 5.75 Å². The maximum absolute atomic E-state index is 11.6. The number of aliphatic hydroxyl groups is 1. The van der Waals surface area contributed by atoms with E-state index < -0.39 is 16.9 Å². The smallest absolute Gasteiger partial charge is 0.119 e. The molecule has 0 amide bonds. The summed E-state index contributed by atoms with van der Waals surface area (Å²) in [6.45, 7) is 4.68. The average Bonchev–Trinajstić information content (AvgIpc) is 2.36. The second-order valence-electron chi connectivity index (χ2n) is 4.98. The molecule has 1 rings (SSSR count). The fraction of sp³-hybridized carbons (Fsp3) is 0.571. The first kappa shape index (κ1) is 16.1. The lowest BCUT2D eigenvalue weighted by atomic mass is 10.2. The largest absolute Gasteiger partial charge is 0.491 e. The molecule has 1 aromatic rings. The molecule has 0 saturated heterocycles. The van der Waals surface area contributed by atoms with Crippen molar-refractivity contribution in [1.29, 1.82) is 0 Å². The van der Waals surface area contributed by atoms with Crippen LogP contribution in [-0.2, 0) is 17.3 Å². The van der Waals surface area contributed by atoms with Gasteiger partial charge in [-0.25, -0.2) is 0 Å². The molecule has 2 atom stereocenters. The standard InChI is InChI=1S/C14H23NO3S/c1-11(2)9-19(17)10-13(16)8-18-14-5-3-12(7-15)4-6-14/h3-6,11,13,16H,7-10,15H2,1-2H3. The summed E-state index contributed by atoms with van der Waals surface area (Å²) in [6.07, 6.45) is -0.700. The number of hydrogen-bond acceptors (Lipinski definition) is 4. The summed E-state index contributed by atoms with van der Waals surface area (Å²) in [5, 5.41) is 9.76. The van der Waals surface area contributed by atoms with Gasteiger partial charge in [0, 0.05) is 23.1 Å². The highest BCUT2D eigenvalue weighted by Crippen LogP contribution is 2.12. The highest BCUT2D eigenvalue weighted by atomic mass is 32.2. The molecule has 0 bridgehead atoms.